The second-order valence-corrected chi connectivity index (χ2v) is 7.50. The Balaban J connectivity index is 1.42. The van der Waals surface area contributed by atoms with E-state index in [1.807, 2.05) is 12.1 Å². The highest BCUT2D eigenvalue weighted by Gasteiger charge is 2.21. The number of halogens is 1. The van der Waals surface area contributed by atoms with Gasteiger partial charge in [0.15, 0.2) is 5.11 Å². The fourth-order valence-corrected chi connectivity index (χ4v) is 3.95. The van der Waals surface area contributed by atoms with Crippen molar-refractivity contribution in [1.82, 2.24) is 15.1 Å². The third-order valence-corrected chi connectivity index (χ3v) is 5.54. The monoisotopic (exact) mass is 351 g/mol. The summed E-state index contributed by atoms with van der Waals surface area (Å²) in [5, 5.41) is 5.35. The normalized spacial score (nSPS) is 20.5. The summed E-state index contributed by atoms with van der Waals surface area (Å²) in [4.78, 5) is 4.82. The number of hydrogen-bond acceptors (Lipinski definition) is 2. The molecule has 0 amide bonds. The Morgan fingerprint density at radius 2 is 1.70 bits per heavy atom. The van der Waals surface area contributed by atoms with Crippen molar-refractivity contribution in [3.8, 4) is 0 Å². The first kappa shape index (κ1) is 17.0. The molecule has 2 fully saturated rings. The maximum Gasteiger partial charge on any atom is 0.169 e. The van der Waals surface area contributed by atoms with Gasteiger partial charge in [0, 0.05) is 43.8 Å². The first-order chi connectivity index (χ1) is 11.2. The van der Waals surface area contributed by atoms with E-state index in [1.165, 1.54) is 37.7 Å². The van der Waals surface area contributed by atoms with E-state index < -0.39 is 0 Å². The van der Waals surface area contributed by atoms with Crippen LogP contribution in [0.2, 0.25) is 5.02 Å². The number of benzene rings is 1. The van der Waals surface area contributed by atoms with Crippen molar-refractivity contribution in [3.05, 3.63) is 34.9 Å². The number of nitrogens with one attached hydrogen (secondary N) is 1. The number of thiocarbonyl (C=S) groups is 1. The molecule has 1 aromatic carbocycles. The van der Waals surface area contributed by atoms with Gasteiger partial charge in [-0.1, -0.05) is 43.0 Å². The van der Waals surface area contributed by atoms with Gasteiger partial charge in [0.1, 0.15) is 0 Å². The molecule has 1 aromatic rings. The van der Waals surface area contributed by atoms with Crippen molar-refractivity contribution >= 4 is 28.9 Å². The second kappa shape index (κ2) is 8.32. The fraction of sp³-hybridized carbons (Fsp3) is 0.611. The highest BCUT2D eigenvalue weighted by molar-refractivity contribution is 7.80. The third kappa shape index (κ3) is 5.07. The average molecular weight is 352 g/mol. The van der Waals surface area contributed by atoms with Crippen LogP contribution in [0.4, 0.5) is 0 Å². The van der Waals surface area contributed by atoms with Gasteiger partial charge in [0.05, 0.1) is 0 Å². The minimum atomic E-state index is 0.600. The molecule has 126 valence electrons. The van der Waals surface area contributed by atoms with Gasteiger partial charge in [-0.15, -0.1) is 0 Å². The lowest BCUT2D eigenvalue weighted by molar-refractivity contribution is 0.173. The van der Waals surface area contributed by atoms with Crippen LogP contribution in [-0.4, -0.2) is 47.1 Å². The largest absolute Gasteiger partial charge is 0.360 e. The minimum Gasteiger partial charge on any atom is -0.360 e. The van der Waals surface area contributed by atoms with Crippen LogP contribution in [0.3, 0.4) is 0 Å². The Bertz CT molecular complexity index is 506. The molecule has 1 N–H and O–H groups in total. The minimum absolute atomic E-state index is 0.600. The predicted molar refractivity (Wildman–Crippen MR) is 101 cm³/mol. The lowest BCUT2D eigenvalue weighted by Gasteiger charge is -2.37. The topological polar surface area (TPSA) is 18.5 Å². The standard InChI is InChI=1S/C18H26ClN3S/c19-16-8-6-15(7-9-16)14-21-10-12-22(13-11-21)18(23)20-17-4-2-1-3-5-17/h6-9,17H,1-5,10-14H2,(H,20,23). The van der Waals surface area contributed by atoms with E-state index in [0.717, 1.165) is 42.9 Å². The number of rotatable bonds is 3. The maximum atomic E-state index is 5.95. The molecule has 0 atom stereocenters. The highest BCUT2D eigenvalue weighted by atomic mass is 35.5. The van der Waals surface area contributed by atoms with E-state index in [9.17, 15) is 0 Å². The van der Waals surface area contributed by atoms with Crippen LogP contribution in [0.25, 0.3) is 0 Å². The molecule has 0 spiro atoms. The maximum absolute atomic E-state index is 5.95. The summed E-state index contributed by atoms with van der Waals surface area (Å²) in [7, 11) is 0. The zero-order chi connectivity index (χ0) is 16.1. The molecule has 0 unspecified atom stereocenters. The molecule has 1 heterocycles. The molecule has 2 aliphatic rings. The Kier molecular flexibility index (Phi) is 6.15. The van der Waals surface area contributed by atoms with Crippen LogP contribution in [-0.2, 0) is 6.54 Å². The number of nitrogens with zero attached hydrogens (tertiary/aromatic N) is 2. The SMILES string of the molecule is S=C(NC1CCCCC1)N1CCN(Cc2ccc(Cl)cc2)CC1. The summed E-state index contributed by atoms with van der Waals surface area (Å²) in [6.45, 7) is 5.16. The number of piperazine rings is 1. The van der Waals surface area contributed by atoms with Crippen molar-refractivity contribution in [2.75, 3.05) is 26.2 Å². The van der Waals surface area contributed by atoms with Crippen molar-refractivity contribution < 1.29 is 0 Å². The van der Waals surface area contributed by atoms with Crippen LogP contribution in [0.15, 0.2) is 24.3 Å². The molecule has 1 saturated carbocycles. The molecule has 23 heavy (non-hydrogen) atoms. The Hall–Kier alpha value is -0.840. The van der Waals surface area contributed by atoms with Gasteiger partial charge < -0.3 is 10.2 Å². The molecule has 0 radical (unpaired) electrons. The van der Waals surface area contributed by atoms with Crippen LogP contribution >= 0.6 is 23.8 Å². The first-order valence-electron chi connectivity index (χ1n) is 8.73. The Labute approximate surface area is 150 Å². The van der Waals surface area contributed by atoms with Gasteiger partial charge in [-0.05, 0) is 42.8 Å². The van der Waals surface area contributed by atoms with E-state index in [-0.39, 0.29) is 0 Å². The molecular weight excluding hydrogens is 326 g/mol. The summed E-state index contributed by atoms with van der Waals surface area (Å²) in [5.74, 6) is 0. The fourth-order valence-electron chi connectivity index (χ4n) is 3.47. The molecule has 3 rings (SSSR count). The van der Waals surface area contributed by atoms with Crippen molar-refractivity contribution in [2.24, 2.45) is 0 Å². The van der Waals surface area contributed by atoms with Gasteiger partial charge in [-0.2, -0.15) is 0 Å². The Morgan fingerprint density at radius 3 is 2.35 bits per heavy atom. The molecule has 5 heteroatoms. The quantitative estimate of drug-likeness (QED) is 0.837. The van der Waals surface area contributed by atoms with E-state index >= 15 is 0 Å². The van der Waals surface area contributed by atoms with Gasteiger partial charge in [-0.3, -0.25) is 4.90 Å². The van der Waals surface area contributed by atoms with Gasteiger partial charge in [-0.25, -0.2) is 0 Å². The predicted octanol–water partition coefficient (Wildman–Crippen LogP) is 3.66. The van der Waals surface area contributed by atoms with E-state index in [0.29, 0.717) is 6.04 Å². The molecule has 1 aliphatic carbocycles. The lowest BCUT2D eigenvalue weighted by atomic mass is 9.96. The highest BCUT2D eigenvalue weighted by Crippen LogP contribution is 2.18. The van der Waals surface area contributed by atoms with Crippen molar-refractivity contribution in [1.29, 1.82) is 0 Å². The van der Waals surface area contributed by atoms with Crippen molar-refractivity contribution in [2.45, 2.75) is 44.7 Å². The van der Waals surface area contributed by atoms with Crippen LogP contribution in [0, 0.1) is 0 Å². The van der Waals surface area contributed by atoms with Crippen LogP contribution < -0.4 is 5.32 Å². The van der Waals surface area contributed by atoms with Crippen LogP contribution in [0.1, 0.15) is 37.7 Å². The zero-order valence-corrected chi connectivity index (χ0v) is 15.2. The lowest BCUT2D eigenvalue weighted by Crippen LogP contribution is -2.53. The Morgan fingerprint density at radius 1 is 1.04 bits per heavy atom. The summed E-state index contributed by atoms with van der Waals surface area (Å²) >= 11 is 11.6. The van der Waals surface area contributed by atoms with E-state index in [1.54, 1.807) is 0 Å². The molecule has 0 aromatic heterocycles. The van der Waals surface area contributed by atoms with Gasteiger partial charge in [0.25, 0.3) is 0 Å². The molecule has 1 saturated heterocycles. The molecule has 0 bridgehead atoms. The zero-order valence-electron chi connectivity index (χ0n) is 13.6. The smallest absolute Gasteiger partial charge is 0.169 e. The van der Waals surface area contributed by atoms with Crippen molar-refractivity contribution in [3.63, 3.8) is 0 Å². The third-order valence-electron chi connectivity index (χ3n) is 4.91. The summed E-state index contributed by atoms with van der Waals surface area (Å²) in [5.41, 5.74) is 1.32. The second-order valence-electron chi connectivity index (χ2n) is 6.67. The van der Waals surface area contributed by atoms with E-state index in [2.05, 4.69) is 27.2 Å². The number of hydrogen-bond donors (Lipinski definition) is 1. The summed E-state index contributed by atoms with van der Waals surface area (Å²) in [6.07, 6.45) is 6.62. The molecule has 3 nitrogen and oxygen atoms in total. The molecular formula is C18H26ClN3S. The van der Waals surface area contributed by atoms with E-state index in [4.69, 9.17) is 23.8 Å². The van der Waals surface area contributed by atoms with Gasteiger partial charge >= 0.3 is 0 Å². The summed E-state index contributed by atoms with van der Waals surface area (Å²) < 4.78 is 0. The molecule has 1 aliphatic heterocycles. The van der Waals surface area contributed by atoms with Crippen LogP contribution in [0.5, 0.6) is 0 Å². The first-order valence-corrected chi connectivity index (χ1v) is 9.51. The van der Waals surface area contributed by atoms with Gasteiger partial charge in [0.2, 0.25) is 0 Å². The summed E-state index contributed by atoms with van der Waals surface area (Å²) in [6, 6.07) is 8.77. The average Bonchev–Trinajstić information content (AvgIpc) is 2.58.